The molecule has 1 heterocycles. The van der Waals surface area contributed by atoms with E-state index in [4.69, 9.17) is 19.3 Å². The van der Waals surface area contributed by atoms with Crippen molar-refractivity contribution in [3.8, 4) is 5.75 Å². The predicted molar refractivity (Wildman–Crippen MR) is 54.2 cm³/mol. The number of para-hydroxylation sites is 1. The third kappa shape index (κ3) is 2.17. The first kappa shape index (κ1) is 11.3. The second kappa shape index (κ2) is 4.39. The number of rotatable bonds is 4. The molecular weight excluding hydrogens is 212 g/mol. The summed E-state index contributed by atoms with van der Waals surface area (Å²) in [6, 6.07) is 8.99. The highest BCUT2D eigenvalue weighted by molar-refractivity contribution is 5.20. The molecule has 0 radical (unpaired) electrons. The van der Waals surface area contributed by atoms with Crippen LogP contribution in [0, 0.1) is 5.92 Å². The van der Waals surface area contributed by atoms with Gasteiger partial charge in [-0.15, -0.1) is 0 Å². The van der Waals surface area contributed by atoms with Crippen molar-refractivity contribution >= 4 is 0 Å². The van der Waals surface area contributed by atoms with Gasteiger partial charge in [0.2, 0.25) is 0 Å². The number of hydrogen-bond acceptors (Lipinski definition) is 5. The molecule has 1 aliphatic heterocycles. The summed E-state index contributed by atoms with van der Waals surface area (Å²) in [4.78, 5) is 0. The minimum absolute atomic E-state index is 0.228. The van der Waals surface area contributed by atoms with E-state index in [1.165, 1.54) is 0 Å². The highest BCUT2D eigenvalue weighted by atomic mass is 17.0. The van der Waals surface area contributed by atoms with Gasteiger partial charge in [0.15, 0.2) is 0 Å². The van der Waals surface area contributed by atoms with E-state index in [2.05, 4.69) is 0 Å². The van der Waals surface area contributed by atoms with Crippen LogP contribution in [0.3, 0.4) is 0 Å². The van der Waals surface area contributed by atoms with E-state index >= 15 is 0 Å². The number of ether oxygens (including phenoxy) is 3. The van der Waals surface area contributed by atoms with Gasteiger partial charge in [0.25, 0.3) is 5.97 Å². The maximum absolute atomic E-state index is 9.64. The normalized spacial score (nSPS) is 30.6. The molecule has 1 saturated heterocycles. The standard InChI is InChI=1S/C11H14O5/c1-8(7-12)11(13)15-10(16-11)14-9-5-3-2-4-6-9/h2-6,8,10,12-13H,7H2,1H3. The lowest BCUT2D eigenvalue weighted by Crippen LogP contribution is -2.60. The van der Waals surface area contributed by atoms with Gasteiger partial charge < -0.3 is 14.9 Å². The number of benzene rings is 1. The molecule has 0 amide bonds. The molecule has 1 atom stereocenters. The van der Waals surface area contributed by atoms with Gasteiger partial charge in [0, 0.05) is 0 Å². The predicted octanol–water partition coefficient (Wildman–Crippen LogP) is 0.670. The van der Waals surface area contributed by atoms with E-state index in [1.807, 2.05) is 18.2 Å². The molecule has 1 unspecified atom stereocenters. The molecule has 0 aromatic heterocycles. The lowest BCUT2D eigenvalue weighted by molar-refractivity contribution is -0.584. The second-order valence-corrected chi connectivity index (χ2v) is 3.67. The van der Waals surface area contributed by atoms with Crippen LogP contribution in [0.2, 0.25) is 0 Å². The zero-order valence-corrected chi connectivity index (χ0v) is 8.87. The third-order valence-corrected chi connectivity index (χ3v) is 2.40. The van der Waals surface area contributed by atoms with E-state index in [0.717, 1.165) is 0 Å². The average molecular weight is 226 g/mol. The van der Waals surface area contributed by atoms with E-state index in [-0.39, 0.29) is 6.61 Å². The maximum atomic E-state index is 9.64. The monoisotopic (exact) mass is 226 g/mol. The fraction of sp³-hybridized carbons (Fsp3) is 0.455. The molecule has 16 heavy (non-hydrogen) atoms. The van der Waals surface area contributed by atoms with Crippen molar-refractivity contribution in [2.24, 2.45) is 5.92 Å². The molecule has 1 aliphatic rings. The van der Waals surface area contributed by atoms with Crippen LogP contribution in [0.1, 0.15) is 6.92 Å². The van der Waals surface area contributed by atoms with Crippen molar-refractivity contribution in [1.82, 2.24) is 0 Å². The van der Waals surface area contributed by atoms with Crippen LogP contribution in [0.5, 0.6) is 5.75 Å². The van der Waals surface area contributed by atoms with E-state index in [9.17, 15) is 5.11 Å². The Hall–Kier alpha value is -1.14. The van der Waals surface area contributed by atoms with Gasteiger partial charge in [-0.05, 0) is 12.1 Å². The number of hydrogen-bond donors (Lipinski definition) is 2. The molecule has 5 heteroatoms. The molecule has 5 nitrogen and oxygen atoms in total. The Morgan fingerprint density at radius 3 is 2.56 bits per heavy atom. The van der Waals surface area contributed by atoms with Crippen LogP contribution < -0.4 is 4.74 Å². The van der Waals surface area contributed by atoms with Crippen LogP contribution in [-0.2, 0) is 9.47 Å². The van der Waals surface area contributed by atoms with Gasteiger partial charge in [-0.1, -0.05) is 25.1 Å². The first-order valence-electron chi connectivity index (χ1n) is 5.04. The lowest BCUT2D eigenvalue weighted by Gasteiger charge is -2.44. The quantitative estimate of drug-likeness (QED) is 0.789. The highest BCUT2D eigenvalue weighted by Crippen LogP contribution is 2.34. The van der Waals surface area contributed by atoms with Gasteiger partial charge in [0.1, 0.15) is 5.75 Å². The molecule has 0 aliphatic carbocycles. The van der Waals surface area contributed by atoms with Crippen molar-refractivity contribution in [1.29, 1.82) is 0 Å². The van der Waals surface area contributed by atoms with Gasteiger partial charge >= 0.3 is 6.48 Å². The SMILES string of the molecule is CC(CO)C1(O)OC(Oc2ccccc2)O1. The zero-order chi connectivity index (χ0) is 11.6. The van der Waals surface area contributed by atoms with Gasteiger partial charge in [-0.2, -0.15) is 0 Å². The second-order valence-electron chi connectivity index (χ2n) is 3.67. The summed E-state index contributed by atoms with van der Waals surface area (Å²) < 4.78 is 15.3. The average Bonchev–Trinajstić information content (AvgIpc) is 2.27. The summed E-state index contributed by atoms with van der Waals surface area (Å²) >= 11 is 0. The van der Waals surface area contributed by atoms with Gasteiger partial charge in [0.05, 0.1) is 12.5 Å². The van der Waals surface area contributed by atoms with Crippen molar-refractivity contribution in [2.45, 2.75) is 19.4 Å². The third-order valence-electron chi connectivity index (χ3n) is 2.40. The van der Waals surface area contributed by atoms with E-state index in [1.54, 1.807) is 19.1 Å². The van der Waals surface area contributed by atoms with Crippen LogP contribution in [0.25, 0.3) is 0 Å². The molecule has 0 bridgehead atoms. The summed E-state index contributed by atoms with van der Waals surface area (Å²) in [5.74, 6) is -1.68. The zero-order valence-electron chi connectivity index (χ0n) is 8.87. The summed E-state index contributed by atoms with van der Waals surface area (Å²) in [6.07, 6.45) is 0. The van der Waals surface area contributed by atoms with Crippen molar-refractivity contribution < 1.29 is 24.4 Å². The van der Waals surface area contributed by atoms with Gasteiger partial charge in [-0.3, -0.25) is 9.47 Å². The first-order valence-corrected chi connectivity index (χ1v) is 5.04. The Morgan fingerprint density at radius 2 is 2.00 bits per heavy atom. The Kier molecular flexibility index (Phi) is 3.11. The summed E-state index contributed by atoms with van der Waals surface area (Å²) in [6.45, 7) is 0.453. The molecule has 0 saturated carbocycles. The van der Waals surface area contributed by atoms with E-state index < -0.39 is 18.4 Å². The molecule has 2 N–H and O–H groups in total. The fourth-order valence-corrected chi connectivity index (χ4v) is 1.29. The maximum Gasteiger partial charge on any atom is 0.324 e. The van der Waals surface area contributed by atoms with Crippen molar-refractivity contribution in [3.05, 3.63) is 30.3 Å². The summed E-state index contributed by atoms with van der Waals surface area (Å²) in [5, 5.41) is 18.5. The molecule has 88 valence electrons. The highest BCUT2D eigenvalue weighted by Gasteiger charge is 2.51. The van der Waals surface area contributed by atoms with E-state index in [0.29, 0.717) is 5.75 Å². The molecule has 1 aromatic carbocycles. The lowest BCUT2D eigenvalue weighted by atomic mass is 10.1. The Morgan fingerprint density at radius 1 is 1.38 bits per heavy atom. The molecule has 2 rings (SSSR count). The van der Waals surface area contributed by atoms with Gasteiger partial charge in [-0.25, -0.2) is 0 Å². The van der Waals surface area contributed by atoms with Crippen molar-refractivity contribution in [3.63, 3.8) is 0 Å². The Balaban J connectivity index is 1.85. The summed E-state index contributed by atoms with van der Waals surface area (Å²) in [5.41, 5.74) is 0. The molecule has 1 aromatic rings. The minimum Gasteiger partial charge on any atom is -0.441 e. The Bertz CT molecular complexity index is 333. The fourth-order valence-electron chi connectivity index (χ4n) is 1.29. The van der Waals surface area contributed by atoms with Crippen LogP contribution >= 0.6 is 0 Å². The molecular formula is C11H14O5. The Labute approximate surface area is 93.2 Å². The van der Waals surface area contributed by atoms with Crippen molar-refractivity contribution in [2.75, 3.05) is 6.61 Å². The molecule has 1 fully saturated rings. The summed E-state index contributed by atoms with van der Waals surface area (Å²) in [7, 11) is 0. The largest absolute Gasteiger partial charge is 0.441 e. The molecule has 0 spiro atoms. The minimum atomic E-state index is -1.74. The smallest absolute Gasteiger partial charge is 0.324 e. The van der Waals surface area contributed by atoms with Crippen LogP contribution in [-0.4, -0.2) is 29.3 Å². The number of aliphatic hydroxyl groups is 2. The topological polar surface area (TPSA) is 68.2 Å². The van der Waals surface area contributed by atoms with Crippen LogP contribution in [0.15, 0.2) is 30.3 Å². The number of aliphatic hydroxyl groups excluding tert-OH is 1. The first-order chi connectivity index (χ1) is 7.64. The van der Waals surface area contributed by atoms with Crippen LogP contribution in [0.4, 0.5) is 0 Å².